The Balaban J connectivity index is 1.90. The van der Waals surface area contributed by atoms with Crippen LogP contribution >= 0.6 is 0 Å². The number of fused-ring (bicyclic) bond motifs is 1. The second-order valence-corrected chi connectivity index (χ2v) is 5.21. The number of amides is 1. The van der Waals surface area contributed by atoms with Gasteiger partial charge in [0.2, 0.25) is 5.91 Å². The normalized spacial score (nSPS) is 18.2. The van der Waals surface area contributed by atoms with Crippen LogP contribution in [0.25, 0.3) is 0 Å². The second kappa shape index (κ2) is 6.01. The number of hydrogen-bond donors (Lipinski definition) is 1. The molecule has 0 heterocycles. The molecule has 1 aliphatic carbocycles. The van der Waals surface area contributed by atoms with Crippen molar-refractivity contribution in [3.8, 4) is 0 Å². The summed E-state index contributed by atoms with van der Waals surface area (Å²) in [5, 5.41) is 3.29. The van der Waals surface area contributed by atoms with Gasteiger partial charge < -0.3 is 10.2 Å². The fourth-order valence-corrected chi connectivity index (χ4v) is 2.58. The fraction of sp³-hybridized carbons (Fsp3) is 0.533. The lowest BCUT2D eigenvalue weighted by molar-refractivity contribution is -0.127. The number of nitrogens with one attached hydrogen (secondary N) is 1. The molecule has 98 valence electrons. The van der Waals surface area contributed by atoms with Crippen molar-refractivity contribution in [2.75, 3.05) is 27.2 Å². The summed E-state index contributed by atoms with van der Waals surface area (Å²) < 4.78 is 0. The highest BCUT2D eigenvalue weighted by atomic mass is 16.2. The highest BCUT2D eigenvalue weighted by Gasteiger charge is 2.19. The van der Waals surface area contributed by atoms with E-state index in [-0.39, 0.29) is 5.91 Å². The zero-order valence-corrected chi connectivity index (χ0v) is 11.3. The number of nitrogens with zero attached hydrogens (tertiary/aromatic N) is 1. The highest BCUT2D eigenvalue weighted by Crippen LogP contribution is 2.30. The summed E-state index contributed by atoms with van der Waals surface area (Å²) in [6.45, 7) is 1.34. The van der Waals surface area contributed by atoms with E-state index in [4.69, 9.17) is 0 Å². The van der Waals surface area contributed by atoms with E-state index in [9.17, 15) is 4.79 Å². The molecule has 0 saturated carbocycles. The van der Waals surface area contributed by atoms with E-state index in [0.717, 1.165) is 6.54 Å². The van der Waals surface area contributed by atoms with Gasteiger partial charge in [-0.15, -0.1) is 0 Å². The van der Waals surface area contributed by atoms with Gasteiger partial charge in [0.1, 0.15) is 0 Å². The van der Waals surface area contributed by atoms with Gasteiger partial charge in [-0.05, 0) is 36.3 Å². The molecule has 0 bridgehead atoms. The summed E-state index contributed by atoms with van der Waals surface area (Å²) in [4.78, 5) is 13.1. The van der Waals surface area contributed by atoms with Gasteiger partial charge >= 0.3 is 0 Å². The molecule has 0 saturated heterocycles. The predicted molar refractivity (Wildman–Crippen MR) is 73.7 cm³/mol. The Morgan fingerprint density at radius 1 is 1.39 bits per heavy atom. The third-order valence-electron chi connectivity index (χ3n) is 3.66. The molecule has 3 nitrogen and oxygen atoms in total. The van der Waals surface area contributed by atoms with E-state index < -0.39 is 0 Å². The van der Waals surface area contributed by atoms with Gasteiger partial charge in [0.25, 0.3) is 0 Å². The number of aryl methyl sites for hydroxylation is 1. The van der Waals surface area contributed by atoms with Crippen LogP contribution in [0.2, 0.25) is 0 Å². The molecule has 2 rings (SSSR count). The van der Waals surface area contributed by atoms with Gasteiger partial charge in [-0.3, -0.25) is 4.79 Å². The molecule has 1 atom stereocenters. The topological polar surface area (TPSA) is 32.3 Å². The molecular formula is C15H22N2O. The van der Waals surface area contributed by atoms with E-state index in [2.05, 4.69) is 29.6 Å². The smallest absolute Gasteiger partial charge is 0.236 e. The maximum Gasteiger partial charge on any atom is 0.236 e. The molecule has 1 N–H and O–H groups in total. The number of likely N-dealkylation sites (N-methyl/N-ethyl adjacent to an activating group) is 1. The van der Waals surface area contributed by atoms with Crippen LogP contribution in [0.3, 0.4) is 0 Å². The van der Waals surface area contributed by atoms with Crippen molar-refractivity contribution in [2.24, 2.45) is 0 Å². The lowest BCUT2D eigenvalue weighted by Gasteiger charge is -2.25. The molecular weight excluding hydrogens is 224 g/mol. The summed E-state index contributed by atoms with van der Waals surface area (Å²) >= 11 is 0. The van der Waals surface area contributed by atoms with Crippen LogP contribution in [0.5, 0.6) is 0 Å². The molecule has 1 aliphatic rings. The number of carbonyl (C=O) groups is 1. The average Bonchev–Trinajstić information content (AvgIpc) is 2.38. The Hall–Kier alpha value is -1.35. The Morgan fingerprint density at radius 2 is 2.17 bits per heavy atom. The SMILES string of the molecule is CN(C)C(=O)CNCC1CCCc2ccccc21. The average molecular weight is 246 g/mol. The number of hydrogen-bond acceptors (Lipinski definition) is 2. The van der Waals surface area contributed by atoms with E-state index in [1.807, 2.05) is 0 Å². The Labute approximate surface area is 109 Å². The van der Waals surface area contributed by atoms with E-state index in [1.54, 1.807) is 19.0 Å². The van der Waals surface area contributed by atoms with Crippen molar-refractivity contribution < 1.29 is 4.79 Å². The Morgan fingerprint density at radius 3 is 2.94 bits per heavy atom. The van der Waals surface area contributed by atoms with Crippen molar-refractivity contribution in [3.05, 3.63) is 35.4 Å². The van der Waals surface area contributed by atoms with Crippen LogP contribution in [0, 0.1) is 0 Å². The van der Waals surface area contributed by atoms with Crippen molar-refractivity contribution in [3.63, 3.8) is 0 Å². The maximum atomic E-state index is 11.5. The lowest BCUT2D eigenvalue weighted by atomic mass is 9.83. The fourth-order valence-electron chi connectivity index (χ4n) is 2.58. The zero-order chi connectivity index (χ0) is 13.0. The van der Waals surface area contributed by atoms with Gasteiger partial charge in [-0.2, -0.15) is 0 Å². The molecule has 1 aromatic rings. The summed E-state index contributed by atoms with van der Waals surface area (Å²) in [5.74, 6) is 0.698. The number of rotatable bonds is 4. The van der Waals surface area contributed by atoms with Gasteiger partial charge in [0.15, 0.2) is 0 Å². The largest absolute Gasteiger partial charge is 0.348 e. The van der Waals surface area contributed by atoms with Crippen LogP contribution in [-0.4, -0.2) is 38.0 Å². The van der Waals surface area contributed by atoms with E-state index in [1.165, 1.54) is 30.4 Å². The molecule has 0 aromatic heterocycles. The molecule has 0 aliphatic heterocycles. The Kier molecular flexibility index (Phi) is 4.37. The van der Waals surface area contributed by atoms with Crippen LogP contribution < -0.4 is 5.32 Å². The first kappa shape index (κ1) is 13.1. The zero-order valence-electron chi connectivity index (χ0n) is 11.3. The summed E-state index contributed by atoms with van der Waals surface area (Å²) in [6.07, 6.45) is 3.68. The van der Waals surface area contributed by atoms with E-state index >= 15 is 0 Å². The maximum absolute atomic E-state index is 11.5. The molecule has 3 heteroatoms. The van der Waals surface area contributed by atoms with Crippen molar-refractivity contribution >= 4 is 5.91 Å². The van der Waals surface area contributed by atoms with Gasteiger partial charge in [-0.25, -0.2) is 0 Å². The van der Waals surface area contributed by atoms with E-state index in [0.29, 0.717) is 12.5 Å². The van der Waals surface area contributed by atoms with Crippen LogP contribution in [-0.2, 0) is 11.2 Å². The summed E-state index contributed by atoms with van der Waals surface area (Å²) in [6, 6.07) is 8.69. The van der Waals surface area contributed by atoms with Crippen LogP contribution in [0.4, 0.5) is 0 Å². The minimum atomic E-state index is 0.138. The minimum Gasteiger partial charge on any atom is -0.348 e. The molecule has 0 radical (unpaired) electrons. The molecule has 1 aromatic carbocycles. The highest BCUT2D eigenvalue weighted by molar-refractivity contribution is 5.77. The predicted octanol–water partition coefficient (Wildman–Crippen LogP) is 1.78. The Bertz CT molecular complexity index is 415. The van der Waals surface area contributed by atoms with Gasteiger partial charge in [-0.1, -0.05) is 24.3 Å². The first-order valence-electron chi connectivity index (χ1n) is 6.67. The quantitative estimate of drug-likeness (QED) is 0.878. The first-order chi connectivity index (χ1) is 8.68. The van der Waals surface area contributed by atoms with Crippen LogP contribution in [0.15, 0.2) is 24.3 Å². The van der Waals surface area contributed by atoms with Gasteiger partial charge in [0.05, 0.1) is 6.54 Å². The van der Waals surface area contributed by atoms with Crippen molar-refractivity contribution in [2.45, 2.75) is 25.2 Å². The molecule has 0 spiro atoms. The van der Waals surface area contributed by atoms with Crippen LogP contribution in [0.1, 0.15) is 29.9 Å². The lowest BCUT2D eigenvalue weighted by Crippen LogP contribution is -2.35. The van der Waals surface area contributed by atoms with Gasteiger partial charge in [0, 0.05) is 20.6 Å². The second-order valence-electron chi connectivity index (χ2n) is 5.21. The molecule has 1 amide bonds. The number of carbonyl (C=O) groups excluding carboxylic acids is 1. The molecule has 0 fully saturated rings. The third-order valence-corrected chi connectivity index (χ3v) is 3.66. The summed E-state index contributed by atoms with van der Waals surface area (Å²) in [5.41, 5.74) is 2.95. The minimum absolute atomic E-state index is 0.138. The molecule has 18 heavy (non-hydrogen) atoms. The summed E-state index contributed by atoms with van der Waals surface area (Å²) in [7, 11) is 3.58. The standard InChI is InChI=1S/C15H22N2O/c1-17(2)15(18)11-16-10-13-8-5-7-12-6-3-4-9-14(12)13/h3-4,6,9,13,16H,5,7-8,10-11H2,1-2H3. The third kappa shape index (κ3) is 3.10. The van der Waals surface area contributed by atoms with Crippen molar-refractivity contribution in [1.29, 1.82) is 0 Å². The molecule has 1 unspecified atom stereocenters. The monoisotopic (exact) mass is 246 g/mol. The van der Waals surface area contributed by atoms with Crippen molar-refractivity contribution in [1.82, 2.24) is 10.2 Å². The first-order valence-corrected chi connectivity index (χ1v) is 6.67. The number of benzene rings is 1.